The Balaban J connectivity index is 2.83. The molecule has 0 radical (unpaired) electrons. The standard InChI is InChI=1S/C11H14O3/c1-2-14-8-10-5-3-4-9(6-7-12)11(10)13/h3-5,7,13H,2,6,8H2,1H3. The van der Waals surface area contributed by atoms with Gasteiger partial charge >= 0.3 is 0 Å². The molecule has 0 aromatic heterocycles. The van der Waals surface area contributed by atoms with E-state index in [4.69, 9.17) is 4.74 Å². The molecule has 0 spiro atoms. The summed E-state index contributed by atoms with van der Waals surface area (Å²) in [6.07, 6.45) is 1.02. The predicted molar refractivity (Wildman–Crippen MR) is 53.2 cm³/mol. The van der Waals surface area contributed by atoms with Gasteiger partial charge in [-0.3, -0.25) is 0 Å². The van der Waals surface area contributed by atoms with Crippen molar-refractivity contribution in [2.24, 2.45) is 0 Å². The number of carbonyl (C=O) groups is 1. The fourth-order valence-electron chi connectivity index (χ4n) is 1.23. The summed E-state index contributed by atoms with van der Waals surface area (Å²) in [5, 5.41) is 9.71. The molecule has 0 unspecified atom stereocenters. The van der Waals surface area contributed by atoms with E-state index in [2.05, 4.69) is 0 Å². The Morgan fingerprint density at radius 3 is 2.79 bits per heavy atom. The van der Waals surface area contributed by atoms with E-state index in [1.165, 1.54) is 0 Å². The Morgan fingerprint density at radius 1 is 1.43 bits per heavy atom. The summed E-state index contributed by atoms with van der Waals surface area (Å²) < 4.78 is 5.19. The second-order valence-corrected chi connectivity index (χ2v) is 2.93. The lowest BCUT2D eigenvalue weighted by Crippen LogP contribution is -1.95. The van der Waals surface area contributed by atoms with E-state index in [0.29, 0.717) is 18.8 Å². The van der Waals surface area contributed by atoms with E-state index in [1.54, 1.807) is 12.1 Å². The molecule has 76 valence electrons. The summed E-state index contributed by atoms with van der Waals surface area (Å²) in [4.78, 5) is 10.3. The molecule has 1 aromatic rings. The van der Waals surface area contributed by atoms with E-state index in [0.717, 1.165) is 11.8 Å². The lowest BCUT2D eigenvalue weighted by atomic mass is 10.1. The molecular formula is C11H14O3. The van der Waals surface area contributed by atoms with Crippen LogP contribution in [-0.4, -0.2) is 18.0 Å². The fraction of sp³-hybridized carbons (Fsp3) is 0.364. The van der Waals surface area contributed by atoms with Gasteiger partial charge in [0.2, 0.25) is 0 Å². The molecule has 0 fully saturated rings. The number of para-hydroxylation sites is 1. The zero-order valence-corrected chi connectivity index (χ0v) is 8.19. The molecule has 0 saturated heterocycles. The lowest BCUT2D eigenvalue weighted by molar-refractivity contribution is -0.107. The summed E-state index contributed by atoms with van der Waals surface area (Å²) in [6, 6.07) is 5.34. The Morgan fingerprint density at radius 2 is 2.14 bits per heavy atom. The van der Waals surface area contributed by atoms with Gasteiger partial charge in [0, 0.05) is 24.2 Å². The lowest BCUT2D eigenvalue weighted by Gasteiger charge is -2.07. The van der Waals surface area contributed by atoms with E-state index in [9.17, 15) is 9.90 Å². The topological polar surface area (TPSA) is 46.5 Å². The van der Waals surface area contributed by atoms with Crippen LogP contribution in [0.1, 0.15) is 18.1 Å². The van der Waals surface area contributed by atoms with Gasteiger partial charge in [-0.25, -0.2) is 0 Å². The van der Waals surface area contributed by atoms with E-state index in [1.807, 2.05) is 13.0 Å². The van der Waals surface area contributed by atoms with Crippen LogP contribution in [0.5, 0.6) is 5.75 Å². The van der Waals surface area contributed by atoms with Crippen LogP contribution in [0.2, 0.25) is 0 Å². The maximum absolute atomic E-state index is 10.3. The van der Waals surface area contributed by atoms with E-state index in [-0.39, 0.29) is 12.2 Å². The predicted octanol–water partition coefficient (Wildman–Crippen LogP) is 1.67. The molecule has 3 nitrogen and oxygen atoms in total. The molecule has 0 atom stereocenters. The summed E-state index contributed by atoms with van der Waals surface area (Å²) in [6.45, 7) is 2.89. The third-order valence-electron chi connectivity index (χ3n) is 1.97. The Bertz CT molecular complexity index is 307. The summed E-state index contributed by atoms with van der Waals surface area (Å²) >= 11 is 0. The van der Waals surface area contributed by atoms with Crippen molar-refractivity contribution in [3.8, 4) is 5.75 Å². The second kappa shape index (κ2) is 5.40. The monoisotopic (exact) mass is 194 g/mol. The average Bonchev–Trinajstić information content (AvgIpc) is 2.20. The minimum absolute atomic E-state index is 0.174. The largest absolute Gasteiger partial charge is 0.507 e. The van der Waals surface area contributed by atoms with Crippen molar-refractivity contribution in [1.29, 1.82) is 0 Å². The van der Waals surface area contributed by atoms with Crippen molar-refractivity contribution in [1.82, 2.24) is 0 Å². The van der Waals surface area contributed by atoms with Gasteiger partial charge in [-0.05, 0) is 6.92 Å². The van der Waals surface area contributed by atoms with Crippen LogP contribution in [0.25, 0.3) is 0 Å². The molecule has 0 aliphatic carbocycles. The molecule has 3 heteroatoms. The highest BCUT2D eigenvalue weighted by molar-refractivity contribution is 5.58. The summed E-state index contributed by atoms with van der Waals surface area (Å²) in [5.74, 6) is 0.174. The summed E-state index contributed by atoms with van der Waals surface area (Å²) in [7, 11) is 0. The Kier molecular flexibility index (Phi) is 4.13. The maximum atomic E-state index is 10.3. The van der Waals surface area contributed by atoms with Gasteiger partial charge < -0.3 is 14.6 Å². The molecular weight excluding hydrogens is 180 g/mol. The van der Waals surface area contributed by atoms with Gasteiger partial charge in [-0.15, -0.1) is 0 Å². The van der Waals surface area contributed by atoms with Gasteiger partial charge in [0.15, 0.2) is 0 Å². The van der Waals surface area contributed by atoms with Crippen LogP contribution >= 0.6 is 0 Å². The van der Waals surface area contributed by atoms with Crippen molar-refractivity contribution in [3.63, 3.8) is 0 Å². The Hall–Kier alpha value is -1.35. The van der Waals surface area contributed by atoms with Crippen LogP contribution in [-0.2, 0) is 22.6 Å². The molecule has 0 aliphatic heterocycles. The number of ether oxygens (including phenoxy) is 1. The summed E-state index contributed by atoms with van der Waals surface area (Å²) in [5.41, 5.74) is 1.38. The number of aldehydes is 1. The van der Waals surface area contributed by atoms with Crippen molar-refractivity contribution in [2.45, 2.75) is 20.0 Å². The second-order valence-electron chi connectivity index (χ2n) is 2.93. The van der Waals surface area contributed by atoms with Gasteiger partial charge in [-0.1, -0.05) is 18.2 Å². The molecule has 0 amide bonds. The molecule has 1 N–H and O–H groups in total. The smallest absolute Gasteiger partial charge is 0.124 e. The first-order valence-corrected chi connectivity index (χ1v) is 4.60. The first-order chi connectivity index (χ1) is 6.79. The van der Waals surface area contributed by atoms with Crippen LogP contribution in [0.15, 0.2) is 18.2 Å². The molecule has 14 heavy (non-hydrogen) atoms. The Labute approximate surface area is 83.3 Å². The average molecular weight is 194 g/mol. The molecule has 0 saturated carbocycles. The number of carbonyl (C=O) groups excluding carboxylic acids is 1. The van der Waals surface area contributed by atoms with Crippen molar-refractivity contribution in [3.05, 3.63) is 29.3 Å². The van der Waals surface area contributed by atoms with Crippen molar-refractivity contribution < 1.29 is 14.6 Å². The number of rotatable bonds is 5. The molecule has 1 rings (SSSR count). The minimum atomic E-state index is 0.174. The number of benzene rings is 1. The van der Waals surface area contributed by atoms with Crippen LogP contribution in [0.3, 0.4) is 0 Å². The normalized spacial score (nSPS) is 10.1. The van der Waals surface area contributed by atoms with Gasteiger partial charge in [0.1, 0.15) is 12.0 Å². The van der Waals surface area contributed by atoms with Gasteiger partial charge in [0.25, 0.3) is 0 Å². The zero-order valence-electron chi connectivity index (χ0n) is 8.19. The molecule has 0 bridgehead atoms. The molecule has 0 heterocycles. The van der Waals surface area contributed by atoms with Crippen LogP contribution in [0, 0.1) is 0 Å². The van der Waals surface area contributed by atoms with Gasteiger partial charge in [-0.2, -0.15) is 0 Å². The number of hydrogen-bond donors (Lipinski definition) is 1. The number of phenolic OH excluding ortho intramolecular Hbond substituents is 1. The highest BCUT2D eigenvalue weighted by Gasteiger charge is 2.05. The third kappa shape index (κ3) is 2.57. The van der Waals surface area contributed by atoms with Gasteiger partial charge in [0.05, 0.1) is 6.61 Å². The third-order valence-corrected chi connectivity index (χ3v) is 1.97. The first-order valence-electron chi connectivity index (χ1n) is 4.60. The number of hydrogen-bond acceptors (Lipinski definition) is 3. The van der Waals surface area contributed by atoms with Crippen molar-refractivity contribution in [2.75, 3.05) is 6.61 Å². The van der Waals surface area contributed by atoms with E-state index < -0.39 is 0 Å². The zero-order chi connectivity index (χ0) is 10.4. The highest BCUT2D eigenvalue weighted by Crippen LogP contribution is 2.23. The minimum Gasteiger partial charge on any atom is -0.507 e. The first kappa shape index (κ1) is 10.7. The van der Waals surface area contributed by atoms with Crippen LogP contribution in [0.4, 0.5) is 0 Å². The van der Waals surface area contributed by atoms with E-state index >= 15 is 0 Å². The quantitative estimate of drug-likeness (QED) is 0.725. The van der Waals surface area contributed by atoms with Crippen LogP contribution < -0.4 is 0 Å². The van der Waals surface area contributed by atoms with Crippen molar-refractivity contribution >= 4 is 6.29 Å². The number of aromatic hydroxyl groups is 1. The molecule has 0 aliphatic rings. The fourth-order valence-corrected chi connectivity index (χ4v) is 1.23. The maximum Gasteiger partial charge on any atom is 0.124 e. The highest BCUT2D eigenvalue weighted by atomic mass is 16.5. The number of phenols is 1. The SMILES string of the molecule is CCOCc1cccc(CC=O)c1O. The molecule has 1 aromatic carbocycles.